The van der Waals surface area contributed by atoms with Gasteiger partial charge in [-0.15, -0.1) is 0 Å². The number of benzene rings is 2. The van der Waals surface area contributed by atoms with Crippen molar-refractivity contribution in [2.24, 2.45) is 5.92 Å². The predicted octanol–water partition coefficient (Wildman–Crippen LogP) is 5.00. The molecule has 4 nitrogen and oxygen atoms in total. The second-order valence-electron chi connectivity index (χ2n) is 8.82. The standard InChI is InChI=1S/C23H27FINO3Si/c1-15-21(30(2,3)24)20(12-13-27)29-23(15)18-6-4-5-7-19(18)26(22(23)28)14-16-8-10-17(25)11-9-16/h4-11,15,20-21,27H,12-14H2,1-3H3/t15-,20+,21-,23+/m1/s1. The molecule has 2 aromatic carbocycles. The summed E-state index contributed by atoms with van der Waals surface area (Å²) in [7, 11) is -3.14. The number of para-hydroxylation sites is 1. The first-order valence-electron chi connectivity index (χ1n) is 10.3. The highest BCUT2D eigenvalue weighted by Crippen LogP contribution is 2.60. The minimum absolute atomic E-state index is 0.0867. The second kappa shape index (κ2) is 8.00. The lowest BCUT2D eigenvalue weighted by molar-refractivity contribution is -0.146. The van der Waals surface area contributed by atoms with E-state index in [1.54, 1.807) is 18.0 Å². The van der Waals surface area contributed by atoms with Crippen LogP contribution < -0.4 is 4.90 Å². The Bertz CT molecular complexity index is 948. The number of aliphatic hydroxyl groups is 1. The maximum Gasteiger partial charge on any atom is 0.264 e. The van der Waals surface area contributed by atoms with Gasteiger partial charge in [-0.1, -0.05) is 37.3 Å². The molecule has 0 aliphatic carbocycles. The molecule has 0 unspecified atom stereocenters. The van der Waals surface area contributed by atoms with Gasteiger partial charge in [-0.2, -0.15) is 0 Å². The van der Waals surface area contributed by atoms with Crippen molar-refractivity contribution in [1.29, 1.82) is 0 Å². The van der Waals surface area contributed by atoms with Crippen molar-refractivity contribution in [2.75, 3.05) is 11.5 Å². The van der Waals surface area contributed by atoms with Crippen molar-refractivity contribution in [3.05, 3.63) is 63.2 Å². The summed E-state index contributed by atoms with van der Waals surface area (Å²) >= 11 is 2.26. The number of anilines is 1. The summed E-state index contributed by atoms with van der Waals surface area (Å²) in [6.07, 6.45) is -0.129. The zero-order chi connectivity index (χ0) is 21.7. The molecule has 1 amide bonds. The van der Waals surface area contributed by atoms with E-state index >= 15 is 4.11 Å². The Kier molecular flexibility index (Phi) is 5.84. The number of halogens is 2. The number of hydrogen-bond donors (Lipinski definition) is 1. The van der Waals surface area contributed by atoms with Crippen LogP contribution in [0.5, 0.6) is 0 Å². The van der Waals surface area contributed by atoms with Crippen molar-refractivity contribution in [1.82, 2.24) is 0 Å². The van der Waals surface area contributed by atoms with E-state index in [-0.39, 0.29) is 24.0 Å². The van der Waals surface area contributed by atoms with Crippen LogP contribution in [-0.4, -0.2) is 32.1 Å². The van der Waals surface area contributed by atoms with Crippen LogP contribution in [0.15, 0.2) is 48.5 Å². The molecule has 7 heteroatoms. The third-order valence-electron chi connectivity index (χ3n) is 6.54. The number of amides is 1. The lowest BCUT2D eigenvalue weighted by Gasteiger charge is -2.31. The van der Waals surface area contributed by atoms with Crippen molar-refractivity contribution in [2.45, 2.75) is 50.2 Å². The van der Waals surface area contributed by atoms with E-state index in [0.29, 0.717) is 13.0 Å². The number of ether oxygens (including phenoxy) is 1. The molecule has 4 rings (SSSR count). The summed E-state index contributed by atoms with van der Waals surface area (Å²) < 4.78 is 23.0. The molecule has 2 aromatic rings. The minimum atomic E-state index is -3.14. The van der Waals surface area contributed by atoms with Crippen molar-refractivity contribution >= 4 is 42.6 Å². The Hall–Kier alpha value is -1.29. The van der Waals surface area contributed by atoms with Crippen LogP contribution in [0.4, 0.5) is 9.80 Å². The molecule has 0 aromatic heterocycles. The van der Waals surface area contributed by atoms with Gasteiger partial charge in [-0.3, -0.25) is 4.79 Å². The van der Waals surface area contributed by atoms with Crippen LogP contribution in [0.25, 0.3) is 0 Å². The third-order valence-corrected chi connectivity index (χ3v) is 9.71. The van der Waals surface area contributed by atoms with Crippen molar-refractivity contribution < 1.29 is 18.7 Å². The van der Waals surface area contributed by atoms with Gasteiger partial charge in [0.15, 0.2) is 5.60 Å². The molecular formula is C23H27FINO3Si. The highest BCUT2D eigenvalue weighted by molar-refractivity contribution is 14.1. The van der Waals surface area contributed by atoms with E-state index < -0.39 is 20.1 Å². The average Bonchev–Trinajstić information content (AvgIpc) is 3.12. The molecule has 1 saturated heterocycles. The quantitative estimate of drug-likeness (QED) is 0.331. The summed E-state index contributed by atoms with van der Waals surface area (Å²) in [6, 6.07) is 15.8. The van der Waals surface area contributed by atoms with Crippen LogP contribution >= 0.6 is 22.6 Å². The fourth-order valence-corrected chi connectivity index (χ4v) is 8.23. The van der Waals surface area contributed by atoms with E-state index in [2.05, 4.69) is 22.6 Å². The molecular weight excluding hydrogens is 512 g/mol. The van der Waals surface area contributed by atoms with E-state index in [4.69, 9.17) is 4.74 Å². The molecule has 1 fully saturated rings. The smallest absolute Gasteiger partial charge is 0.264 e. The normalized spacial score (nSPS) is 28.4. The first-order chi connectivity index (χ1) is 14.2. The van der Waals surface area contributed by atoms with Crippen LogP contribution in [0.1, 0.15) is 24.5 Å². The molecule has 2 aliphatic rings. The van der Waals surface area contributed by atoms with Gasteiger partial charge in [0.1, 0.15) is 0 Å². The van der Waals surface area contributed by atoms with E-state index in [1.807, 2.05) is 55.5 Å². The Morgan fingerprint density at radius 3 is 2.50 bits per heavy atom. The summed E-state index contributed by atoms with van der Waals surface area (Å²) in [4.78, 5) is 15.7. The van der Waals surface area contributed by atoms with Gasteiger partial charge in [0, 0.05) is 27.2 Å². The monoisotopic (exact) mass is 539 g/mol. The zero-order valence-corrected chi connectivity index (χ0v) is 20.6. The summed E-state index contributed by atoms with van der Waals surface area (Å²) in [5, 5.41) is 9.58. The first kappa shape index (κ1) is 21.9. The van der Waals surface area contributed by atoms with Gasteiger partial charge in [-0.05, 0) is 65.9 Å². The third kappa shape index (κ3) is 3.43. The van der Waals surface area contributed by atoms with Crippen LogP contribution in [0.2, 0.25) is 18.6 Å². The van der Waals surface area contributed by atoms with E-state index in [0.717, 1.165) is 20.4 Å². The van der Waals surface area contributed by atoms with Gasteiger partial charge in [0.05, 0.1) is 18.3 Å². The Morgan fingerprint density at radius 1 is 1.20 bits per heavy atom. The molecule has 30 heavy (non-hydrogen) atoms. The maximum atomic E-state index is 15.4. The number of fused-ring (bicyclic) bond motifs is 2. The molecule has 2 aliphatic heterocycles. The number of carbonyl (C=O) groups excluding carboxylic acids is 1. The van der Waals surface area contributed by atoms with Crippen molar-refractivity contribution in [3.63, 3.8) is 0 Å². The molecule has 1 spiro atoms. The number of hydrogen-bond acceptors (Lipinski definition) is 3. The SMILES string of the molecule is C[C@@H]1[C@@H]([Si](C)(C)F)[C@H](CCO)O[C@@]12C(=O)N(Cc1ccc(I)cc1)c1ccccc12. The van der Waals surface area contributed by atoms with Crippen LogP contribution in [0.3, 0.4) is 0 Å². The molecule has 0 bridgehead atoms. The second-order valence-corrected chi connectivity index (χ2v) is 13.9. The van der Waals surface area contributed by atoms with Gasteiger partial charge in [-0.25, -0.2) is 0 Å². The molecule has 2 heterocycles. The van der Waals surface area contributed by atoms with Crippen LogP contribution in [0, 0.1) is 9.49 Å². The molecule has 4 atom stereocenters. The fourth-order valence-electron chi connectivity index (χ4n) is 5.33. The summed E-state index contributed by atoms with van der Waals surface area (Å²) in [6.45, 7) is 5.65. The van der Waals surface area contributed by atoms with E-state index in [1.165, 1.54) is 0 Å². The number of rotatable bonds is 5. The van der Waals surface area contributed by atoms with Crippen LogP contribution in [-0.2, 0) is 21.7 Å². The molecule has 160 valence electrons. The summed E-state index contributed by atoms with van der Waals surface area (Å²) in [5.41, 5.74) is 1.12. The average molecular weight is 539 g/mol. The first-order valence-corrected chi connectivity index (χ1v) is 14.4. The van der Waals surface area contributed by atoms with Gasteiger partial charge >= 0.3 is 0 Å². The van der Waals surface area contributed by atoms with E-state index in [9.17, 15) is 9.90 Å². The summed E-state index contributed by atoms with van der Waals surface area (Å²) in [5.74, 6) is -0.436. The topological polar surface area (TPSA) is 49.8 Å². The number of nitrogens with zero attached hydrogens (tertiary/aromatic N) is 1. The van der Waals surface area contributed by atoms with Gasteiger partial charge in [0.25, 0.3) is 5.91 Å². The largest absolute Gasteiger partial charge is 0.396 e. The Labute approximate surface area is 191 Å². The highest BCUT2D eigenvalue weighted by Gasteiger charge is 2.66. The maximum absolute atomic E-state index is 15.4. The molecule has 0 radical (unpaired) electrons. The lowest BCUT2D eigenvalue weighted by Crippen LogP contribution is -2.45. The predicted molar refractivity (Wildman–Crippen MR) is 127 cm³/mol. The Balaban J connectivity index is 1.78. The van der Waals surface area contributed by atoms with Crippen molar-refractivity contribution in [3.8, 4) is 0 Å². The number of carbonyl (C=O) groups is 1. The number of aliphatic hydroxyl groups excluding tert-OH is 1. The van der Waals surface area contributed by atoms with Gasteiger partial charge < -0.3 is 18.9 Å². The molecule has 0 saturated carbocycles. The lowest BCUT2D eigenvalue weighted by atomic mass is 9.82. The molecule has 1 N–H and O–H groups in total. The van der Waals surface area contributed by atoms with Gasteiger partial charge in [0.2, 0.25) is 8.41 Å². The Morgan fingerprint density at radius 2 is 1.87 bits per heavy atom. The highest BCUT2D eigenvalue weighted by atomic mass is 127. The minimum Gasteiger partial charge on any atom is -0.396 e. The zero-order valence-electron chi connectivity index (χ0n) is 17.4. The fraction of sp³-hybridized carbons (Fsp3) is 0.435.